The number of rotatable bonds is 2. The van der Waals surface area contributed by atoms with E-state index in [4.69, 9.17) is 5.73 Å². The van der Waals surface area contributed by atoms with E-state index in [2.05, 4.69) is 107 Å². The lowest BCUT2D eigenvalue weighted by molar-refractivity contribution is 0.422. The maximum atomic E-state index is 11.1. The molecule has 0 aromatic heterocycles. The number of nitrogen functional groups attached to an aromatic ring is 1. The molecule has 0 aliphatic rings. The molecule has 0 aliphatic heterocycles. The van der Waals surface area contributed by atoms with E-state index in [0.29, 0.717) is 5.75 Å². The molecule has 3 N–H and O–H groups in total. The second kappa shape index (κ2) is 8.06. The first-order valence-corrected chi connectivity index (χ1v) is 12.0. The van der Waals surface area contributed by atoms with Crippen LogP contribution in [0.1, 0.15) is 105 Å². The van der Waals surface area contributed by atoms with Gasteiger partial charge in [-0.25, -0.2) is 0 Å². The Hall–Kier alpha value is -1.61. The van der Waals surface area contributed by atoms with Crippen LogP contribution in [0.15, 0.2) is 34.1 Å². The highest BCUT2D eigenvalue weighted by Crippen LogP contribution is 2.45. The topological polar surface area (TPSA) is 46.2 Å². The highest BCUT2D eigenvalue weighted by atomic mass is 32.2. The Morgan fingerprint density at radius 2 is 0.806 bits per heavy atom. The summed E-state index contributed by atoms with van der Waals surface area (Å²) in [7, 11) is 0. The smallest absolute Gasteiger partial charge is 0.123 e. The molecule has 2 rings (SSSR count). The average molecular weight is 442 g/mol. The van der Waals surface area contributed by atoms with Gasteiger partial charge in [-0.2, -0.15) is 0 Å². The summed E-state index contributed by atoms with van der Waals surface area (Å²) in [6.45, 7) is 26.2. The van der Waals surface area contributed by atoms with E-state index in [-0.39, 0.29) is 21.7 Å². The summed E-state index contributed by atoms with van der Waals surface area (Å²) in [6, 6.07) is 8.80. The van der Waals surface area contributed by atoms with Crippen LogP contribution in [0.5, 0.6) is 5.75 Å². The van der Waals surface area contributed by atoms with Crippen molar-refractivity contribution in [3.05, 3.63) is 46.5 Å². The standard InChI is InChI=1S/C28H43NOS/c1-25(2,3)19-13-17(14-20(23(19)29)26(4,5)6)31-18-15-21(27(7,8)9)24(30)22(16-18)28(10,11)12/h13-16,30H,29H2,1-12H3. The van der Waals surface area contributed by atoms with Gasteiger partial charge in [0.05, 0.1) is 0 Å². The molecule has 31 heavy (non-hydrogen) atoms. The van der Waals surface area contributed by atoms with Crippen LogP contribution in [0.4, 0.5) is 5.69 Å². The molecule has 0 bridgehead atoms. The number of phenols is 1. The van der Waals surface area contributed by atoms with Gasteiger partial charge in [0.1, 0.15) is 5.75 Å². The Balaban J connectivity index is 2.73. The fraction of sp³-hybridized carbons (Fsp3) is 0.571. The SMILES string of the molecule is CC(C)(C)c1cc(Sc2cc(C(C)(C)C)c(O)c(C(C)(C)C)c2)cc(C(C)(C)C)c1N. The number of nitrogens with two attached hydrogens (primary N) is 1. The van der Waals surface area contributed by atoms with Crippen molar-refractivity contribution < 1.29 is 5.11 Å². The lowest BCUT2D eigenvalue weighted by atomic mass is 9.79. The zero-order valence-corrected chi connectivity index (χ0v) is 22.6. The Bertz CT molecular complexity index is 811. The Morgan fingerprint density at radius 1 is 0.548 bits per heavy atom. The molecule has 3 heteroatoms. The van der Waals surface area contributed by atoms with E-state index in [1.54, 1.807) is 11.8 Å². The quantitative estimate of drug-likeness (QED) is 0.460. The van der Waals surface area contributed by atoms with E-state index >= 15 is 0 Å². The molecule has 2 aromatic carbocycles. The Kier molecular flexibility index (Phi) is 6.67. The molecule has 2 aromatic rings. The van der Waals surface area contributed by atoms with Gasteiger partial charge in [-0.15, -0.1) is 0 Å². The number of hydrogen-bond acceptors (Lipinski definition) is 3. The third kappa shape index (κ3) is 5.80. The van der Waals surface area contributed by atoms with Crippen LogP contribution in [-0.2, 0) is 21.7 Å². The predicted molar refractivity (Wildman–Crippen MR) is 138 cm³/mol. The molecular weight excluding hydrogens is 398 g/mol. The zero-order valence-electron chi connectivity index (χ0n) is 21.7. The maximum absolute atomic E-state index is 11.1. The Morgan fingerprint density at radius 3 is 1.06 bits per heavy atom. The van der Waals surface area contributed by atoms with Crippen molar-refractivity contribution in [2.45, 2.75) is 115 Å². The van der Waals surface area contributed by atoms with Gasteiger partial charge >= 0.3 is 0 Å². The van der Waals surface area contributed by atoms with Gasteiger partial charge in [-0.3, -0.25) is 0 Å². The first-order valence-electron chi connectivity index (χ1n) is 11.2. The van der Waals surface area contributed by atoms with Crippen molar-refractivity contribution in [2.24, 2.45) is 0 Å². The second-order valence-electron chi connectivity index (χ2n) is 12.9. The third-order valence-electron chi connectivity index (χ3n) is 5.70. The molecule has 0 atom stereocenters. The van der Waals surface area contributed by atoms with Crippen molar-refractivity contribution in [1.82, 2.24) is 0 Å². The van der Waals surface area contributed by atoms with Crippen molar-refractivity contribution in [3.63, 3.8) is 0 Å². The highest BCUT2D eigenvalue weighted by Gasteiger charge is 2.28. The summed E-state index contributed by atoms with van der Waals surface area (Å²) in [5.41, 5.74) is 11.6. The van der Waals surface area contributed by atoms with E-state index in [1.807, 2.05) is 0 Å². The van der Waals surface area contributed by atoms with E-state index in [9.17, 15) is 5.11 Å². The molecule has 0 aliphatic carbocycles. The minimum atomic E-state index is -0.144. The van der Waals surface area contributed by atoms with Crippen LogP contribution in [0.2, 0.25) is 0 Å². The molecule has 0 saturated carbocycles. The number of benzene rings is 2. The number of anilines is 1. The second-order valence-corrected chi connectivity index (χ2v) is 14.0. The third-order valence-corrected chi connectivity index (χ3v) is 6.65. The first kappa shape index (κ1) is 25.6. The summed E-state index contributed by atoms with van der Waals surface area (Å²) < 4.78 is 0. The molecule has 0 radical (unpaired) electrons. The largest absolute Gasteiger partial charge is 0.507 e. The van der Waals surface area contributed by atoms with E-state index in [1.165, 1.54) is 16.0 Å². The Labute approximate surface area is 195 Å². The summed E-state index contributed by atoms with van der Waals surface area (Å²) in [6.07, 6.45) is 0. The van der Waals surface area contributed by atoms with Gasteiger partial charge in [-0.05, 0) is 57.1 Å². The van der Waals surface area contributed by atoms with Crippen LogP contribution in [0.25, 0.3) is 0 Å². The lowest BCUT2D eigenvalue weighted by Gasteiger charge is -2.30. The summed E-state index contributed by atoms with van der Waals surface area (Å²) in [4.78, 5) is 2.34. The molecular formula is C28H43NOS. The van der Waals surface area contributed by atoms with Crippen molar-refractivity contribution in [2.75, 3.05) is 5.73 Å². The minimum absolute atomic E-state index is 0.0389. The molecule has 0 heterocycles. The van der Waals surface area contributed by atoms with Crippen LogP contribution in [0.3, 0.4) is 0 Å². The molecule has 0 fully saturated rings. The van der Waals surface area contributed by atoms with Crippen LogP contribution < -0.4 is 5.73 Å². The van der Waals surface area contributed by atoms with Crippen molar-refractivity contribution in [1.29, 1.82) is 0 Å². The van der Waals surface area contributed by atoms with Crippen molar-refractivity contribution in [3.8, 4) is 5.75 Å². The molecule has 0 amide bonds. The van der Waals surface area contributed by atoms with Gasteiger partial charge in [-0.1, -0.05) is 94.8 Å². The van der Waals surface area contributed by atoms with Gasteiger partial charge in [0.25, 0.3) is 0 Å². The maximum Gasteiger partial charge on any atom is 0.123 e. The molecule has 0 spiro atoms. The lowest BCUT2D eigenvalue weighted by Crippen LogP contribution is -2.20. The van der Waals surface area contributed by atoms with Crippen LogP contribution >= 0.6 is 11.8 Å². The molecule has 0 saturated heterocycles. The van der Waals surface area contributed by atoms with Crippen LogP contribution in [0, 0.1) is 0 Å². The minimum Gasteiger partial charge on any atom is -0.507 e. The summed E-state index contributed by atoms with van der Waals surface area (Å²) in [5, 5.41) is 11.1. The highest BCUT2D eigenvalue weighted by molar-refractivity contribution is 7.99. The average Bonchev–Trinajstić information content (AvgIpc) is 2.53. The van der Waals surface area contributed by atoms with Gasteiger partial charge in [0, 0.05) is 26.6 Å². The van der Waals surface area contributed by atoms with Crippen LogP contribution in [-0.4, -0.2) is 5.11 Å². The molecule has 0 unspecified atom stereocenters. The number of hydrogen-bond donors (Lipinski definition) is 2. The monoisotopic (exact) mass is 441 g/mol. The summed E-state index contributed by atoms with van der Waals surface area (Å²) in [5.74, 6) is 0.424. The van der Waals surface area contributed by atoms with Gasteiger partial charge in [0.15, 0.2) is 0 Å². The van der Waals surface area contributed by atoms with E-state index in [0.717, 1.165) is 21.7 Å². The molecule has 2 nitrogen and oxygen atoms in total. The normalized spacial score (nSPS) is 13.5. The number of phenolic OH excluding ortho intramolecular Hbond substituents is 1. The zero-order chi connectivity index (χ0) is 24.2. The summed E-state index contributed by atoms with van der Waals surface area (Å²) >= 11 is 1.76. The fourth-order valence-electron chi connectivity index (χ4n) is 3.87. The van der Waals surface area contributed by atoms with E-state index < -0.39 is 0 Å². The predicted octanol–water partition coefficient (Wildman–Crippen LogP) is 8.32. The fourth-order valence-corrected chi connectivity index (χ4v) is 4.85. The van der Waals surface area contributed by atoms with Gasteiger partial charge < -0.3 is 10.8 Å². The van der Waals surface area contributed by atoms with Gasteiger partial charge in [0.2, 0.25) is 0 Å². The first-order chi connectivity index (χ1) is 13.7. The number of aromatic hydroxyl groups is 1. The van der Waals surface area contributed by atoms with Crippen molar-refractivity contribution >= 4 is 17.4 Å². The molecule has 172 valence electrons.